The third-order valence-corrected chi connectivity index (χ3v) is 12.2. The number of nitrogens with two attached hydrogens (primary N) is 1. The van der Waals surface area contributed by atoms with Gasteiger partial charge in [-0.25, -0.2) is 4.57 Å². The van der Waals surface area contributed by atoms with E-state index in [-0.39, 0.29) is 25.7 Å². The zero-order valence-corrected chi connectivity index (χ0v) is 37.6. The van der Waals surface area contributed by atoms with Crippen molar-refractivity contribution in [1.82, 2.24) is 5.32 Å². The summed E-state index contributed by atoms with van der Waals surface area (Å²) in [6.07, 6.45) is 46.9. The van der Waals surface area contributed by atoms with Crippen LogP contribution < -0.4 is 11.1 Å². The minimum Gasteiger partial charge on any atom is -0.391 e. The van der Waals surface area contributed by atoms with Crippen LogP contribution in [0.25, 0.3) is 0 Å². The Hall–Kier alpha value is -0.500. The highest BCUT2D eigenvalue weighted by molar-refractivity contribution is 7.47. The highest BCUT2D eigenvalue weighted by Crippen LogP contribution is 2.43. The van der Waals surface area contributed by atoms with Gasteiger partial charge in [0, 0.05) is 13.0 Å². The Labute approximate surface area is 342 Å². The van der Waals surface area contributed by atoms with E-state index in [1.165, 1.54) is 193 Å². The fourth-order valence-electron chi connectivity index (χ4n) is 7.55. The maximum atomic E-state index is 12.8. The summed E-state index contributed by atoms with van der Waals surface area (Å²) in [6, 6.07) is -0.768. The first kappa shape index (κ1) is 54.5. The second-order valence-electron chi connectivity index (χ2n) is 16.7. The minimum atomic E-state index is -4.31. The van der Waals surface area contributed by atoms with Crippen molar-refractivity contribution in [1.29, 1.82) is 0 Å². The molecule has 8 nitrogen and oxygen atoms in total. The lowest BCUT2D eigenvalue weighted by atomic mass is 10.0. The molecule has 0 bridgehead atoms. The molecule has 0 aromatic rings. The summed E-state index contributed by atoms with van der Waals surface area (Å²) in [5, 5.41) is 13.9. The molecule has 0 saturated heterocycles. The van der Waals surface area contributed by atoms with Crippen LogP contribution in [0.3, 0.4) is 0 Å². The van der Waals surface area contributed by atoms with Crippen LogP contribution in [0.4, 0.5) is 0 Å². The van der Waals surface area contributed by atoms with Crippen molar-refractivity contribution in [3.8, 4) is 0 Å². The van der Waals surface area contributed by atoms with E-state index in [9.17, 15) is 19.4 Å². The lowest BCUT2D eigenvalue weighted by Crippen LogP contribution is -2.46. The van der Waals surface area contributed by atoms with Gasteiger partial charge >= 0.3 is 7.82 Å². The topological polar surface area (TPSA) is 131 Å². The van der Waals surface area contributed by atoms with E-state index in [0.717, 1.165) is 38.5 Å². The van der Waals surface area contributed by atoms with Gasteiger partial charge in [0.1, 0.15) is 0 Å². The Balaban J connectivity index is 4.05. The molecule has 0 aromatic heterocycles. The third-order valence-electron chi connectivity index (χ3n) is 11.2. The van der Waals surface area contributed by atoms with Gasteiger partial charge in [0.05, 0.1) is 25.4 Å². The summed E-state index contributed by atoms with van der Waals surface area (Å²) in [4.78, 5) is 22.8. The zero-order valence-electron chi connectivity index (χ0n) is 36.7. The number of aliphatic hydroxyl groups excluding tert-OH is 1. The Morgan fingerprint density at radius 1 is 0.527 bits per heavy atom. The Morgan fingerprint density at radius 2 is 0.836 bits per heavy atom. The summed E-state index contributed by atoms with van der Waals surface area (Å²) in [6.45, 7) is 4.25. The molecule has 0 aliphatic carbocycles. The van der Waals surface area contributed by atoms with Gasteiger partial charge in [-0.15, -0.1) is 0 Å². The number of phosphoric acid groups is 1. The third kappa shape index (κ3) is 41.5. The molecule has 0 aliphatic heterocycles. The van der Waals surface area contributed by atoms with Crippen molar-refractivity contribution in [2.45, 2.75) is 270 Å². The fourth-order valence-corrected chi connectivity index (χ4v) is 8.31. The Morgan fingerprint density at radius 3 is 1.16 bits per heavy atom. The lowest BCUT2D eigenvalue weighted by Gasteiger charge is -2.25. The van der Waals surface area contributed by atoms with Crippen molar-refractivity contribution in [2.24, 2.45) is 5.73 Å². The highest BCUT2D eigenvalue weighted by Gasteiger charge is 2.27. The average molecular weight is 803 g/mol. The summed E-state index contributed by atoms with van der Waals surface area (Å²) in [7, 11) is -4.31. The van der Waals surface area contributed by atoms with E-state index >= 15 is 0 Å². The number of unbranched alkanes of at least 4 members (excludes halogenated alkanes) is 34. The molecule has 5 N–H and O–H groups in total. The Kier molecular flexibility index (Phi) is 42.7. The molecule has 9 heteroatoms. The van der Waals surface area contributed by atoms with Gasteiger partial charge in [-0.3, -0.25) is 13.8 Å². The van der Waals surface area contributed by atoms with Crippen molar-refractivity contribution >= 4 is 13.7 Å². The molecule has 0 radical (unpaired) electrons. The van der Waals surface area contributed by atoms with Gasteiger partial charge in [-0.05, 0) is 12.8 Å². The van der Waals surface area contributed by atoms with Crippen molar-refractivity contribution < 1.29 is 28.4 Å². The number of nitrogens with one attached hydrogen (secondary N) is 1. The van der Waals surface area contributed by atoms with Gasteiger partial charge in [0.2, 0.25) is 5.91 Å². The summed E-state index contributed by atoms with van der Waals surface area (Å²) in [5.74, 6) is -0.155. The van der Waals surface area contributed by atoms with Crippen molar-refractivity contribution in [3.63, 3.8) is 0 Å². The van der Waals surface area contributed by atoms with E-state index in [1.807, 2.05) is 0 Å². The zero-order chi connectivity index (χ0) is 40.3. The number of carbonyl (C=O) groups is 1. The van der Waals surface area contributed by atoms with Crippen LogP contribution in [0.2, 0.25) is 0 Å². The SMILES string of the molecule is CCCCCCCCCCCCCCCCCCCCCCC(O)C(COP(=O)(O)OCCN)NC(=O)CCCCCCCCCCCCCCCCCC. The maximum Gasteiger partial charge on any atom is 0.472 e. The molecule has 3 atom stereocenters. The second kappa shape index (κ2) is 43.1. The highest BCUT2D eigenvalue weighted by atomic mass is 31.2. The molecule has 1 amide bonds. The molecule has 0 saturated carbocycles. The predicted octanol–water partition coefficient (Wildman–Crippen LogP) is 13.8. The predicted molar refractivity (Wildman–Crippen MR) is 236 cm³/mol. The standard InChI is InChI=1S/C46H95N2O6P/c1-3-5-7-9-11-13-15-17-19-21-22-23-24-25-27-29-31-33-35-37-39-45(49)44(43-54-55(51,52)53-42-41-47)48-46(50)40-38-36-34-32-30-28-26-20-18-16-14-12-10-8-6-4-2/h44-45,49H,3-43,47H2,1-2H3,(H,48,50)(H,51,52). The first-order chi connectivity index (χ1) is 26.9. The van der Waals surface area contributed by atoms with Crippen LogP contribution in [-0.2, 0) is 18.4 Å². The quantitative estimate of drug-likeness (QED) is 0.0356. The average Bonchev–Trinajstić information content (AvgIpc) is 3.17. The number of phosphoric ester groups is 1. The first-order valence-corrected chi connectivity index (χ1v) is 25.6. The van der Waals surface area contributed by atoms with Gasteiger partial charge < -0.3 is 21.1 Å². The summed E-state index contributed by atoms with van der Waals surface area (Å²) >= 11 is 0. The summed E-state index contributed by atoms with van der Waals surface area (Å²) in [5.41, 5.74) is 5.39. The molecular weight excluding hydrogens is 707 g/mol. The monoisotopic (exact) mass is 803 g/mol. The first-order valence-electron chi connectivity index (χ1n) is 24.2. The van der Waals surface area contributed by atoms with Gasteiger partial charge in [0.25, 0.3) is 0 Å². The van der Waals surface area contributed by atoms with Crippen LogP contribution in [0.15, 0.2) is 0 Å². The molecule has 0 spiro atoms. The van der Waals surface area contributed by atoms with Gasteiger partial charge in [-0.1, -0.05) is 239 Å². The van der Waals surface area contributed by atoms with Crippen LogP contribution in [0.1, 0.15) is 258 Å². The molecule has 55 heavy (non-hydrogen) atoms. The van der Waals surface area contributed by atoms with E-state index in [1.54, 1.807) is 0 Å². The maximum absolute atomic E-state index is 12.8. The van der Waals surface area contributed by atoms with Crippen LogP contribution in [-0.4, -0.2) is 47.8 Å². The smallest absolute Gasteiger partial charge is 0.391 e. The Bertz CT molecular complexity index is 834. The number of carbonyl (C=O) groups excluding carboxylic acids is 1. The van der Waals surface area contributed by atoms with Crippen LogP contribution in [0, 0.1) is 0 Å². The number of amides is 1. The van der Waals surface area contributed by atoms with Crippen molar-refractivity contribution in [3.05, 3.63) is 0 Å². The molecule has 330 valence electrons. The molecule has 0 aliphatic rings. The molecule has 0 rings (SSSR count). The fraction of sp³-hybridized carbons (Fsp3) is 0.978. The molecule has 3 unspecified atom stereocenters. The minimum absolute atomic E-state index is 0.0927. The molecular formula is C46H95N2O6P. The largest absolute Gasteiger partial charge is 0.472 e. The number of hydrogen-bond acceptors (Lipinski definition) is 6. The van der Waals surface area contributed by atoms with E-state index < -0.39 is 20.0 Å². The lowest BCUT2D eigenvalue weighted by molar-refractivity contribution is -0.123. The van der Waals surface area contributed by atoms with E-state index in [2.05, 4.69) is 19.2 Å². The van der Waals surface area contributed by atoms with Gasteiger partial charge in [-0.2, -0.15) is 0 Å². The van der Waals surface area contributed by atoms with Gasteiger partial charge in [0.15, 0.2) is 0 Å². The number of aliphatic hydroxyl groups is 1. The van der Waals surface area contributed by atoms with E-state index in [4.69, 9.17) is 14.8 Å². The summed E-state index contributed by atoms with van der Waals surface area (Å²) < 4.78 is 22.2. The normalized spacial score (nSPS) is 13.9. The number of rotatable bonds is 46. The molecule has 0 aromatic carbocycles. The van der Waals surface area contributed by atoms with Crippen LogP contribution in [0.5, 0.6) is 0 Å². The molecule has 0 fully saturated rings. The molecule has 0 heterocycles. The second-order valence-corrected chi connectivity index (χ2v) is 18.1. The van der Waals surface area contributed by atoms with Crippen LogP contribution >= 0.6 is 7.82 Å². The number of hydrogen-bond donors (Lipinski definition) is 4. The van der Waals surface area contributed by atoms with E-state index in [0.29, 0.717) is 12.8 Å². The van der Waals surface area contributed by atoms with Crippen molar-refractivity contribution in [2.75, 3.05) is 19.8 Å².